The average Bonchev–Trinajstić information content (AvgIpc) is 3.00. The maximum atomic E-state index is 4.32. The van der Waals surface area contributed by atoms with Gasteiger partial charge in [-0.25, -0.2) is 4.68 Å². The van der Waals surface area contributed by atoms with Crippen LogP contribution in [0.3, 0.4) is 0 Å². The first-order valence-corrected chi connectivity index (χ1v) is 9.81. The second-order valence-electron chi connectivity index (χ2n) is 7.57. The highest BCUT2D eigenvalue weighted by molar-refractivity contribution is 8.00. The lowest BCUT2D eigenvalue weighted by molar-refractivity contribution is 0.212. The monoisotopic (exact) mass is 327 g/mol. The van der Waals surface area contributed by atoms with Gasteiger partial charge in [-0.1, -0.05) is 18.9 Å². The molecule has 0 spiro atoms. The molecule has 0 bridgehead atoms. The fraction of sp³-hybridized carbons (Fsp3) is 0.929. The quantitative estimate of drug-likeness (QED) is 0.846. The highest BCUT2D eigenvalue weighted by Crippen LogP contribution is 2.55. The predicted octanol–water partition coefficient (Wildman–Crippen LogP) is 2.39. The topological polar surface area (TPSA) is 46.8 Å². The van der Waals surface area contributed by atoms with Crippen molar-refractivity contribution in [2.24, 2.45) is 10.8 Å². The van der Waals surface area contributed by atoms with Crippen molar-refractivity contribution < 1.29 is 0 Å². The zero-order valence-electron chi connectivity index (χ0n) is 13.6. The van der Waals surface area contributed by atoms with Crippen molar-refractivity contribution in [1.29, 1.82) is 0 Å². The number of hydrogen-bond donors (Lipinski definition) is 0. The van der Waals surface area contributed by atoms with Crippen molar-refractivity contribution in [3.8, 4) is 0 Å². The fourth-order valence-corrected chi connectivity index (χ4v) is 5.45. The lowest BCUT2D eigenvalue weighted by Crippen LogP contribution is -2.34. The first-order chi connectivity index (χ1) is 9.79. The second kappa shape index (κ2) is 5.05. The van der Waals surface area contributed by atoms with E-state index in [-0.39, 0.29) is 4.75 Å². The highest BCUT2D eigenvalue weighted by Gasteiger charge is 2.56. The molecule has 2 fully saturated rings. The van der Waals surface area contributed by atoms with Gasteiger partial charge in [0.2, 0.25) is 5.95 Å². The third-order valence-electron chi connectivity index (χ3n) is 5.26. The Morgan fingerprint density at radius 2 is 1.86 bits per heavy atom. The van der Waals surface area contributed by atoms with Crippen LogP contribution in [0.4, 0.5) is 5.95 Å². The van der Waals surface area contributed by atoms with Gasteiger partial charge in [-0.05, 0) is 30.5 Å². The van der Waals surface area contributed by atoms with Crippen LogP contribution in [-0.2, 0) is 6.54 Å². The van der Waals surface area contributed by atoms with Gasteiger partial charge < -0.3 is 4.90 Å². The number of aromatic nitrogens is 4. The maximum absolute atomic E-state index is 4.32. The van der Waals surface area contributed by atoms with Gasteiger partial charge in [0.1, 0.15) is 0 Å². The molecular formula is C14H25N5S2. The minimum atomic E-state index is 0.142. The number of nitrogens with zero attached hydrogens (tertiary/aromatic N) is 5. The summed E-state index contributed by atoms with van der Waals surface area (Å²) in [6.07, 6.45) is 2.14. The van der Waals surface area contributed by atoms with Crippen LogP contribution >= 0.6 is 23.5 Å². The Hall–Kier alpha value is -0.430. The van der Waals surface area contributed by atoms with Gasteiger partial charge >= 0.3 is 0 Å². The number of anilines is 1. The summed E-state index contributed by atoms with van der Waals surface area (Å²) in [5, 5.41) is 12.5. The molecule has 0 radical (unpaired) electrons. The summed E-state index contributed by atoms with van der Waals surface area (Å²) in [7, 11) is 0. The summed E-state index contributed by atoms with van der Waals surface area (Å²) >= 11 is 3.95. The molecule has 0 aromatic carbocycles. The van der Waals surface area contributed by atoms with E-state index in [0.29, 0.717) is 10.8 Å². The third-order valence-corrected chi connectivity index (χ3v) is 8.17. The summed E-state index contributed by atoms with van der Waals surface area (Å²) in [6, 6.07) is 0. The molecular weight excluding hydrogens is 302 g/mol. The van der Waals surface area contributed by atoms with Crippen molar-refractivity contribution >= 4 is 29.5 Å². The number of fused-ring (bicyclic) bond motifs is 1. The number of tetrazole rings is 1. The van der Waals surface area contributed by atoms with Gasteiger partial charge in [0.15, 0.2) is 0 Å². The molecule has 5 nitrogen and oxygen atoms in total. The van der Waals surface area contributed by atoms with E-state index < -0.39 is 0 Å². The molecule has 0 N–H and O–H groups in total. The minimum absolute atomic E-state index is 0.142. The number of hydrogen-bond acceptors (Lipinski definition) is 6. The van der Waals surface area contributed by atoms with Crippen LogP contribution in [0.25, 0.3) is 0 Å². The Morgan fingerprint density at radius 1 is 1.24 bits per heavy atom. The molecule has 2 saturated heterocycles. The number of rotatable bonds is 4. The smallest absolute Gasteiger partial charge is 0.245 e. The van der Waals surface area contributed by atoms with Gasteiger partial charge in [0, 0.05) is 40.2 Å². The SMILES string of the molecule is CSC(C)(C)Cn1nnnc1N1C[C@]2(C)CSC[C@]2(C)C1. The lowest BCUT2D eigenvalue weighted by atomic mass is 9.71. The van der Waals surface area contributed by atoms with E-state index in [2.05, 4.69) is 66.1 Å². The zero-order valence-corrected chi connectivity index (χ0v) is 15.2. The summed E-state index contributed by atoms with van der Waals surface area (Å²) in [6.45, 7) is 12.3. The molecule has 0 amide bonds. The Bertz CT molecular complexity index is 513. The van der Waals surface area contributed by atoms with Gasteiger partial charge in [-0.2, -0.15) is 23.5 Å². The van der Waals surface area contributed by atoms with E-state index in [4.69, 9.17) is 0 Å². The van der Waals surface area contributed by atoms with E-state index in [0.717, 1.165) is 25.6 Å². The van der Waals surface area contributed by atoms with Crippen molar-refractivity contribution in [3.05, 3.63) is 0 Å². The van der Waals surface area contributed by atoms with Crippen molar-refractivity contribution in [2.75, 3.05) is 35.8 Å². The molecule has 1 aromatic heterocycles. The van der Waals surface area contributed by atoms with E-state index in [1.807, 2.05) is 16.4 Å². The summed E-state index contributed by atoms with van der Waals surface area (Å²) < 4.78 is 2.13. The van der Waals surface area contributed by atoms with Gasteiger partial charge in [-0.3, -0.25) is 0 Å². The largest absolute Gasteiger partial charge is 0.338 e. The Balaban J connectivity index is 1.82. The van der Waals surface area contributed by atoms with Crippen LogP contribution in [0, 0.1) is 10.8 Å². The molecule has 2 aliphatic heterocycles. The van der Waals surface area contributed by atoms with Crippen LogP contribution in [0.1, 0.15) is 27.7 Å². The first kappa shape index (κ1) is 15.5. The van der Waals surface area contributed by atoms with Crippen LogP contribution < -0.4 is 4.90 Å². The van der Waals surface area contributed by atoms with Gasteiger partial charge in [0.05, 0.1) is 6.54 Å². The Morgan fingerprint density at radius 3 is 2.43 bits per heavy atom. The number of thioether (sulfide) groups is 2. The molecule has 118 valence electrons. The molecule has 3 heterocycles. The van der Waals surface area contributed by atoms with Crippen LogP contribution in [0.15, 0.2) is 0 Å². The standard InChI is InChI=1S/C14H25N5S2/c1-12(2,20-5)6-19-11(15-16-17-19)18-7-13(3)9-21-10-14(13,4)8-18/h6-10H2,1-5H3/t13-,14+. The van der Waals surface area contributed by atoms with E-state index in [1.165, 1.54) is 11.5 Å². The maximum Gasteiger partial charge on any atom is 0.245 e. The average molecular weight is 328 g/mol. The molecule has 3 rings (SSSR count). The normalized spacial score (nSPS) is 32.7. The molecule has 2 aliphatic rings. The lowest BCUT2D eigenvalue weighted by Gasteiger charge is -2.30. The molecule has 0 saturated carbocycles. The summed E-state index contributed by atoms with van der Waals surface area (Å²) in [5.74, 6) is 3.44. The van der Waals surface area contributed by atoms with Gasteiger partial charge in [-0.15, -0.1) is 0 Å². The molecule has 0 aliphatic carbocycles. The van der Waals surface area contributed by atoms with Crippen LogP contribution in [-0.4, -0.2) is 55.8 Å². The van der Waals surface area contributed by atoms with E-state index >= 15 is 0 Å². The molecule has 1 aromatic rings. The third kappa shape index (κ3) is 2.56. The Labute approximate surface area is 135 Å². The fourth-order valence-electron chi connectivity index (χ4n) is 3.32. The molecule has 7 heteroatoms. The Kier molecular flexibility index (Phi) is 3.72. The molecule has 0 unspecified atom stereocenters. The van der Waals surface area contributed by atoms with E-state index in [1.54, 1.807) is 0 Å². The van der Waals surface area contributed by atoms with Crippen molar-refractivity contribution in [3.63, 3.8) is 0 Å². The highest BCUT2D eigenvalue weighted by atomic mass is 32.2. The van der Waals surface area contributed by atoms with E-state index in [9.17, 15) is 0 Å². The zero-order chi connectivity index (χ0) is 15.3. The summed E-state index contributed by atoms with van der Waals surface area (Å²) in [4.78, 5) is 2.40. The minimum Gasteiger partial charge on any atom is -0.338 e. The summed E-state index contributed by atoms with van der Waals surface area (Å²) in [5.41, 5.74) is 0.757. The van der Waals surface area contributed by atoms with Crippen LogP contribution in [0.2, 0.25) is 0 Å². The second-order valence-corrected chi connectivity index (χ2v) is 10.1. The van der Waals surface area contributed by atoms with Crippen molar-refractivity contribution in [1.82, 2.24) is 20.2 Å². The van der Waals surface area contributed by atoms with Crippen LogP contribution in [0.5, 0.6) is 0 Å². The predicted molar refractivity (Wildman–Crippen MR) is 91.2 cm³/mol. The molecule has 21 heavy (non-hydrogen) atoms. The first-order valence-electron chi connectivity index (χ1n) is 7.43. The van der Waals surface area contributed by atoms with Gasteiger partial charge in [0.25, 0.3) is 0 Å². The molecule has 2 atom stereocenters. The van der Waals surface area contributed by atoms with Crippen molar-refractivity contribution in [2.45, 2.75) is 39.0 Å².